The summed E-state index contributed by atoms with van der Waals surface area (Å²) in [6, 6.07) is 0.683. The molecule has 0 spiro atoms. The van der Waals surface area contributed by atoms with Crippen molar-refractivity contribution in [1.29, 1.82) is 0 Å². The van der Waals surface area contributed by atoms with Crippen LogP contribution in [-0.2, 0) is 0 Å². The first-order valence-corrected chi connectivity index (χ1v) is 7.98. The van der Waals surface area contributed by atoms with Gasteiger partial charge in [-0.25, -0.2) is 4.79 Å². The third-order valence-electron chi connectivity index (χ3n) is 4.48. The van der Waals surface area contributed by atoms with Gasteiger partial charge in [0.1, 0.15) is 0 Å². The Bertz CT molecular complexity index is 281. The lowest BCUT2D eigenvalue weighted by molar-refractivity contribution is 0.110. The maximum Gasteiger partial charge on any atom is 0.320 e. The van der Waals surface area contributed by atoms with Crippen molar-refractivity contribution in [2.45, 2.75) is 52.0 Å². The van der Waals surface area contributed by atoms with Crippen LogP contribution >= 0.6 is 0 Å². The van der Waals surface area contributed by atoms with Crippen LogP contribution < -0.4 is 5.32 Å². The van der Waals surface area contributed by atoms with Crippen LogP contribution in [0.25, 0.3) is 0 Å². The van der Waals surface area contributed by atoms with E-state index in [9.17, 15) is 4.79 Å². The topological polar surface area (TPSA) is 35.6 Å². The lowest BCUT2D eigenvalue weighted by Crippen LogP contribution is -2.54. The molecular weight excluding hydrogens is 238 g/mol. The summed E-state index contributed by atoms with van der Waals surface area (Å²) in [5, 5.41) is 3.43. The number of piperidine rings is 2. The molecule has 110 valence electrons. The Hall–Kier alpha value is -0.770. The maximum absolute atomic E-state index is 12.7. The molecule has 0 radical (unpaired) electrons. The summed E-state index contributed by atoms with van der Waals surface area (Å²) in [6.45, 7) is 9.31. The zero-order chi connectivity index (χ0) is 13.7. The largest absolute Gasteiger partial charge is 0.325 e. The van der Waals surface area contributed by atoms with Gasteiger partial charge in [-0.3, -0.25) is 0 Å². The Kier molecular flexibility index (Phi) is 5.49. The van der Waals surface area contributed by atoms with E-state index in [-0.39, 0.29) is 6.03 Å². The number of urea groups is 1. The Morgan fingerprint density at radius 1 is 1.32 bits per heavy atom. The highest BCUT2D eigenvalue weighted by Gasteiger charge is 2.29. The molecule has 19 heavy (non-hydrogen) atoms. The molecule has 2 aliphatic heterocycles. The maximum atomic E-state index is 12.7. The van der Waals surface area contributed by atoms with Crippen molar-refractivity contribution in [3.8, 4) is 0 Å². The molecule has 1 unspecified atom stereocenters. The Morgan fingerprint density at radius 2 is 2.05 bits per heavy atom. The zero-order valence-corrected chi connectivity index (χ0v) is 12.5. The average molecular weight is 267 g/mol. The zero-order valence-electron chi connectivity index (χ0n) is 12.5. The Balaban J connectivity index is 1.95. The van der Waals surface area contributed by atoms with Crippen LogP contribution in [-0.4, -0.2) is 54.6 Å². The second-order valence-electron chi connectivity index (χ2n) is 6.15. The first-order valence-electron chi connectivity index (χ1n) is 7.98. The third kappa shape index (κ3) is 3.85. The van der Waals surface area contributed by atoms with Crippen molar-refractivity contribution in [3.63, 3.8) is 0 Å². The molecule has 2 rings (SSSR count). The number of hydrogen-bond acceptors (Lipinski definition) is 2. The first-order chi connectivity index (χ1) is 9.22. The van der Waals surface area contributed by atoms with Gasteiger partial charge in [-0.15, -0.1) is 0 Å². The third-order valence-corrected chi connectivity index (χ3v) is 4.48. The van der Waals surface area contributed by atoms with E-state index in [0.717, 1.165) is 64.3 Å². The molecular formula is C15H29N3O. The molecule has 0 aromatic heterocycles. The number of likely N-dealkylation sites (tertiary alicyclic amines) is 1. The van der Waals surface area contributed by atoms with Gasteiger partial charge >= 0.3 is 6.03 Å². The summed E-state index contributed by atoms with van der Waals surface area (Å²) in [6.07, 6.45) is 5.72. The smallest absolute Gasteiger partial charge is 0.320 e. The molecule has 0 aromatic carbocycles. The van der Waals surface area contributed by atoms with Crippen molar-refractivity contribution in [2.75, 3.05) is 32.7 Å². The highest BCUT2D eigenvalue weighted by molar-refractivity contribution is 5.75. The second-order valence-corrected chi connectivity index (χ2v) is 6.15. The van der Waals surface area contributed by atoms with E-state index < -0.39 is 0 Å². The predicted octanol–water partition coefficient (Wildman–Crippen LogP) is 2.30. The first kappa shape index (κ1) is 14.6. The molecule has 0 aromatic rings. The summed E-state index contributed by atoms with van der Waals surface area (Å²) in [4.78, 5) is 16.9. The van der Waals surface area contributed by atoms with Crippen molar-refractivity contribution >= 4 is 6.03 Å². The number of carbonyl (C=O) groups excluding carboxylic acids is 1. The molecule has 2 amide bonds. The van der Waals surface area contributed by atoms with Crippen molar-refractivity contribution < 1.29 is 4.79 Å². The molecule has 4 heteroatoms. The number of rotatable bonds is 3. The summed E-state index contributed by atoms with van der Waals surface area (Å²) in [5.41, 5.74) is 0. The SMILES string of the molecule is CCCN(C(=O)N1CCC(C)CC1)C1CCCNC1. The fraction of sp³-hybridized carbons (Fsp3) is 0.933. The molecule has 2 aliphatic rings. The average Bonchev–Trinajstić information content (AvgIpc) is 2.46. The minimum Gasteiger partial charge on any atom is -0.325 e. The fourth-order valence-electron chi connectivity index (χ4n) is 3.16. The number of nitrogens with one attached hydrogen (secondary N) is 1. The van der Waals surface area contributed by atoms with Gasteiger partial charge in [0, 0.05) is 32.2 Å². The molecule has 0 saturated carbocycles. The van der Waals surface area contributed by atoms with Crippen LogP contribution in [0.15, 0.2) is 0 Å². The van der Waals surface area contributed by atoms with Gasteiger partial charge in [-0.2, -0.15) is 0 Å². The van der Waals surface area contributed by atoms with Gasteiger partial charge in [-0.1, -0.05) is 13.8 Å². The number of hydrogen-bond donors (Lipinski definition) is 1. The molecule has 2 heterocycles. The molecule has 2 saturated heterocycles. The van der Waals surface area contributed by atoms with E-state index in [4.69, 9.17) is 0 Å². The van der Waals surface area contributed by atoms with Crippen molar-refractivity contribution in [1.82, 2.24) is 15.1 Å². The Labute approximate surface area is 117 Å². The van der Waals surface area contributed by atoms with Gasteiger partial charge < -0.3 is 15.1 Å². The monoisotopic (exact) mass is 267 g/mol. The van der Waals surface area contributed by atoms with Crippen molar-refractivity contribution in [3.05, 3.63) is 0 Å². The highest BCUT2D eigenvalue weighted by atomic mass is 16.2. The van der Waals surface area contributed by atoms with E-state index in [2.05, 4.69) is 29.0 Å². The van der Waals surface area contributed by atoms with Crippen molar-refractivity contribution in [2.24, 2.45) is 5.92 Å². The molecule has 0 aliphatic carbocycles. The van der Waals surface area contributed by atoms with E-state index in [1.165, 1.54) is 6.42 Å². The second kappa shape index (κ2) is 7.13. The fourth-order valence-corrected chi connectivity index (χ4v) is 3.16. The van der Waals surface area contributed by atoms with Gasteiger partial charge in [0.25, 0.3) is 0 Å². The summed E-state index contributed by atoms with van der Waals surface area (Å²) < 4.78 is 0. The van der Waals surface area contributed by atoms with Gasteiger partial charge in [-0.05, 0) is 44.6 Å². The summed E-state index contributed by atoms with van der Waals surface area (Å²) in [7, 11) is 0. The van der Waals surface area contributed by atoms with E-state index in [1.807, 2.05) is 0 Å². The van der Waals surface area contributed by atoms with Crippen LogP contribution in [0.2, 0.25) is 0 Å². The lowest BCUT2D eigenvalue weighted by atomic mass is 9.99. The molecule has 0 bridgehead atoms. The number of nitrogens with zero attached hydrogens (tertiary/aromatic N) is 2. The molecule has 1 atom stereocenters. The Morgan fingerprint density at radius 3 is 2.63 bits per heavy atom. The number of amides is 2. The standard InChI is InChI=1S/C15H29N3O/c1-3-9-18(14-5-4-8-16-12-14)15(19)17-10-6-13(2)7-11-17/h13-14,16H,3-12H2,1-2H3. The van der Waals surface area contributed by atoms with E-state index >= 15 is 0 Å². The summed E-state index contributed by atoms with van der Waals surface area (Å²) >= 11 is 0. The number of carbonyl (C=O) groups is 1. The highest BCUT2D eigenvalue weighted by Crippen LogP contribution is 2.20. The minimum atomic E-state index is 0.280. The van der Waals surface area contributed by atoms with Gasteiger partial charge in [0.2, 0.25) is 0 Å². The quantitative estimate of drug-likeness (QED) is 0.851. The predicted molar refractivity (Wildman–Crippen MR) is 78.3 cm³/mol. The van der Waals surface area contributed by atoms with Crippen LogP contribution in [0.3, 0.4) is 0 Å². The normalized spacial score (nSPS) is 25.4. The molecule has 4 nitrogen and oxygen atoms in total. The lowest BCUT2D eigenvalue weighted by Gasteiger charge is -2.40. The van der Waals surface area contributed by atoms with E-state index in [1.54, 1.807) is 0 Å². The summed E-state index contributed by atoms with van der Waals surface area (Å²) in [5.74, 6) is 0.778. The van der Waals surface area contributed by atoms with Gasteiger partial charge in [0.15, 0.2) is 0 Å². The molecule has 2 fully saturated rings. The minimum absolute atomic E-state index is 0.280. The van der Waals surface area contributed by atoms with Crippen LogP contribution in [0.5, 0.6) is 0 Å². The van der Waals surface area contributed by atoms with Crippen LogP contribution in [0.1, 0.15) is 46.0 Å². The van der Waals surface area contributed by atoms with E-state index in [0.29, 0.717) is 6.04 Å². The molecule has 1 N–H and O–H groups in total. The van der Waals surface area contributed by atoms with Crippen LogP contribution in [0.4, 0.5) is 4.79 Å². The van der Waals surface area contributed by atoms with Gasteiger partial charge in [0.05, 0.1) is 0 Å². The van der Waals surface area contributed by atoms with Crippen LogP contribution in [0, 0.1) is 5.92 Å².